The van der Waals surface area contributed by atoms with Crippen molar-refractivity contribution in [2.24, 2.45) is 10.9 Å². The van der Waals surface area contributed by atoms with Gasteiger partial charge in [-0.3, -0.25) is 4.79 Å². The molecule has 2 heterocycles. The van der Waals surface area contributed by atoms with Crippen LogP contribution in [-0.2, 0) is 17.9 Å². The summed E-state index contributed by atoms with van der Waals surface area (Å²) in [6, 6.07) is 8.51. The van der Waals surface area contributed by atoms with E-state index in [9.17, 15) is 4.79 Å². The molecule has 0 radical (unpaired) electrons. The van der Waals surface area contributed by atoms with E-state index in [1.54, 1.807) is 0 Å². The van der Waals surface area contributed by atoms with Crippen molar-refractivity contribution < 1.29 is 4.79 Å². The van der Waals surface area contributed by atoms with Gasteiger partial charge < -0.3 is 15.1 Å². The number of amides is 1. The summed E-state index contributed by atoms with van der Waals surface area (Å²) in [6.07, 6.45) is 4.24. The molecule has 1 N–H and O–H groups in total. The van der Waals surface area contributed by atoms with Crippen molar-refractivity contribution in [3.05, 3.63) is 35.4 Å². The van der Waals surface area contributed by atoms with Gasteiger partial charge in [0.25, 0.3) is 0 Å². The van der Waals surface area contributed by atoms with E-state index in [-0.39, 0.29) is 5.91 Å². The topological polar surface area (TPSA) is 47.9 Å². The molecule has 1 atom stereocenters. The third-order valence-corrected chi connectivity index (χ3v) is 5.24. The lowest BCUT2D eigenvalue weighted by Crippen LogP contribution is -2.46. The monoisotopic (exact) mass is 356 g/mol. The fraction of sp³-hybridized carbons (Fsp3) is 0.619. The molecule has 3 rings (SSSR count). The van der Waals surface area contributed by atoms with Gasteiger partial charge in [-0.15, -0.1) is 0 Å². The second-order valence-electron chi connectivity index (χ2n) is 7.60. The van der Waals surface area contributed by atoms with E-state index in [0.717, 1.165) is 51.0 Å². The number of hydrogen-bond acceptors (Lipinski definition) is 2. The Morgan fingerprint density at radius 1 is 1.27 bits per heavy atom. The van der Waals surface area contributed by atoms with E-state index in [4.69, 9.17) is 4.99 Å². The zero-order valence-corrected chi connectivity index (χ0v) is 16.2. The molecule has 0 aliphatic carbocycles. The summed E-state index contributed by atoms with van der Waals surface area (Å²) < 4.78 is 0. The van der Waals surface area contributed by atoms with Crippen LogP contribution in [0.3, 0.4) is 0 Å². The number of nitrogens with zero attached hydrogens (tertiary/aromatic N) is 3. The third kappa shape index (κ3) is 4.99. The average molecular weight is 357 g/mol. The van der Waals surface area contributed by atoms with Crippen molar-refractivity contribution in [1.82, 2.24) is 15.1 Å². The molecule has 1 aromatic rings. The lowest BCUT2D eigenvalue weighted by molar-refractivity contribution is -0.128. The van der Waals surface area contributed by atoms with Gasteiger partial charge in [-0.1, -0.05) is 31.2 Å². The van der Waals surface area contributed by atoms with Crippen molar-refractivity contribution >= 4 is 11.9 Å². The number of aliphatic imine (C=N–C) groups is 1. The van der Waals surface area contributed by atoms with Crippen LogP contribution in [-0.4, -0.2) is 47.8 Å². The van der Waals surface area contributed by atoms with Crippen LogP contribution in [0.5, 0.6) is 0 Å². The number of carbonyl (C=O) groups excluding carboxylic acids is 1. The molecule has 2 fully saturated rings. The number of benzene rings is 1. The van der Waals surface area contributed by atoms with Crippen LogP contribution < -0.4 is 5.32 Å². The second-order valence-corrected chi connectivity index (χ2v) is 7.60. The van der Waals surface area contributed by atoms with Crippen molar-refractivity contribution in [3.63, 3.8) is 0 Å². The minimum atomic E-state index is 0.280. The Kier molecular flexibility index (Phi) is 6.53. The molecule has 142 valence electrons. The molecule has 1 aromatic carbocycles. The van der Waals surface area contributed by atoms with Crippen molar-refractivity contribution in [3.8, 4) is 0 Å². The Labute approximate surface area is 157 Å². The maximum absolute atomic E-state index is 11.8. The van der Waals surface area contributed by atoms with Gasteiger partial charge in [-0.2, -0.15) is 0 Å². The van der Waals surface area contributed by atoms with Crippen molar-refractivity contribution in [2.45, 2.75) is 52.6 Å². The Hall–Kier alpha value is -2.04. The maximum atomic E-state index is 11.8. The van der Waals surface area contributed by atoms with E-state index in [1.807, 2.05) is 4.90 Å². The normalized spacial score (nSPS) is 21.4. The molecule has 0 saturated carbocycles. The van der Waals surface area contributed by atoms with Gasteiger partial charge in [0.15, 0.2) is 5.96 Å². The summed E-state index contributed by atoms with van der Waals surface area (Å²) in [4.78, 5) is 21.1. The standard InChI is InChI=1S/C21H32N4O/c1-3-22-21(25-12-5-7-17(2)15-25)23-14-18-8-4-9-19(13-18)16-24-11-6-10-20(24)26/h4,8-9,13,17H,3,5-7,10-12,14-16H2,1-2H3,(H,22,23). The van der Waals surface area contributed by atoms with E-state index < -0.39 is 0 Å². The molecular formula is C21H32N4O. The predicted molar refractivity (Wildman–Crippen MR) is 106 cm³/mol. The van der Waals surface area contributed by atoms with Crippen LogP contribution in [0, 0.1) is 5.92 Å². The first-order valence-electron chi connectivity index (χ1n) is 10.0. The lowest BCUT2D eigenvalue weighted by Gasteiger charge is -2.33. The smallest absolute Gasteiger partial charge is 0.222 e. The maximum Gasteiger partial charge on any atom is 0.222 e. The van der Waals surface area contributed by atoms with Crippen LogP contribution in [0.4, 0.5) is 0 Å². The minimum absolute atomic E-state index is 0.280. The van der Waals surface area contributed by atoms with Gasteiger partial charge in [-0.05, 0) is 43.2 Å². The van der Waals surface area contributed by atoms with Gasteiger partial charge in [0.05, 0.1) is 6.54 Å². The Bertz CT molecular complexity index is 643. The van der Waals surface area contributed by atoms with Gasteiger partial charge in [0.2, 0.25) is 5.91 Å². The molecule has 5 nitrogen and oxygen atoms in total. The number of hydrogen-bond donors (Lipinski definition) is 1. The number of piperidine rings is 1. The zero-order chi connectivity index (χ0) is 18.4. The molecule has 2 aliphatic heterocycles. The number of likely N-dealkylation sites (tertiary alicyclic amines) is 2. The van der Waals surface area contributed by atoms with Gasteiger partial charge >= 0.3 is 0 Å². The second kappa shape index (κ2) is 9.06. The van der Waals surface area contributed by atoms with Crippen molar-refractivity contribution in [2.75, 3.05) is 26.2 Å². The zero-order valence-electron chi connectivity index (χ0n) is 16.2. The fourth-order valence-corrected chi connectivity index (χ4v) is 3.89. The van der Waals surface area contributed by atoms with E-state index >= 15 is 0 Å². The predicted octanol–water partition coefficient (Wildman–Crippen LogP) is 3.01. The van der Waals surface area contributed by atoms with Crippen LogP contribution >= 0.6 is 0 Å². The van der Waals surface area contributed by atoms with E-state index in [0.29, 0.717) is 13.0 Å². The van der Waals surface area contributed by atoms with Crippen LogP contribution in [0.25, 0.3) is 0 Å². The first kappa shape index (κ1) is 18.7. The largest absolute Gasteiger partial charge is 0.357 e. The minimum Gasteiger partial charge on any atom is -0.357 e. The summed E-state index contributed by atoms with van der Waals surface area (Å²) in [6.45, 7) is 9.79. The molecule has 0 aromatic heterocycles. The van der Waals surface area contributed by atoms with Gasteiger partial charge in [-0.25, -0.2) is 4.99 Å². The summed E-state index contributed by atoms with van der Waals surface area (Å²) >= 11 is 0. The third-order valence-electron chi connectivity index (χ3n) is 5.24. The summed E-state index contributed by atoms with van der Waals surface area (Å²) in [7, 11) is 0. The number of nitrogens with one attached hydrogen (secondary N) is 1. The first-order chi connectivity index (χ1) is 12.7. The quantitative estimate of drug-likeness (QED) is 0.652. The Balaban J connectivity index is 1.65. The molecule has 1 amide bonds. The number of rotatable bonds is 5. The highest BCUT2D eigenvalue weighted by Gasteiger charge is 2.20. The lowest BCUT2D eigenvalue weighted by atomic mass is 10.0. The molecule has 0 bridgehead atoms. The van der Waals surface area contributed by atoms with Gasteiger partial charge in [0, 0.05) is 39.1 Å². The molecule has 26 heavy (non-hydrogen) atoms. The van der Waals surface area contributed by atoms with Crippen LogP contribution in [0.2, 0.25) is 0 Å². The van der Waals surface area contributed by atoms with E-state index in [2.05, 4.69) is 48.3 Å². The fourth-order valence-electron chi connectivity index (χ4n) is 3.89. The highest BCUT2D eigenvalue weighted by molar-refractivity contribution is 5.80. The molecule has 2 aliphatic rings. The molecule has 5 heteroatoms. The first-order valence-corrected chi connectivity index (χ1v) is 10.0. The molecular weight excluding hydrogens is 324 g/mol. The molecule has 0 spiro atoms. The highest BCUT2D eigenvalue weighted by atomic mass is 16.2. The number of guanidine groups is 1. The highest BCUT2D eigenvalue weighted by Crippen LogP contribution is 2.17. The Morgan fingerprint density at radius 2 is 2.12 bits per heavy atom. The SMILES string of the molecule is CCNC(=NCc1cccc(CN2CCCC2=O)c1)N1CCCC(C)C1. The van der Waals surface area contributed by atoms with Crippen LogP contribution in [0.1, 0.15) is 50.7 Å². The van der Waals surface area contributed by atoms with Crippen LogP contribution in [0.15, 0.2) is 29.3 Å². The summed E-state index contributed by atoms with van der Waals surface area (Å²) in [5.74, 6) is 2.04. The van der Waals surface area contributed by atoms with Gasteiger partial charge in [0.1, 0.15) is 0 Å². The number of carbonyl (C=O) groups is 1. The summed E-state index contributed by atoms with van der Waals surface area (Å²) in [5, 5.41) is 3.45. The van der Waals surface area contributed by atoms with E-state index in [1.165, 1.54) is 24.0 Å². The van der Waals surface area contributed by atoms with Crippen molar-refractivity contribution in [1.29, 1.82) is 0 Å². The summed E-state index contributed by atoms with van der Waals surface area (Å²) in [5.41, 5.74) is 2.40. The molecule has 2 saturated heterocycles. The average Bonchev–Trinajstić information content (AvgIpc) is 3.04. The Morgan fingerprint density at radius 3 is 2.85 bits per heavy atom. The molecule has 1 unspecified atom stereocenters.